The van der Waals surface area contributed by atoms with E-state index in [1.807, 2.05) is 12.1 Å². The summed E-state index contributed by atoms with van der Waals surface area (Å²) >= 11 is 7.37. The summed E-state index contributed by atoms with van der Waals surface area (Å²) in [4.78, 5) is 16.7. The Hall–Kier alpha value is -3.52. The molecule has 0 aliphatic carbocycles. The molecule has 1 aromatic heterocycles. The van der Waals surface area contributed by atoms with E-state index in [1.54, 1.807) is 48.5 Å². The lowest BCUT2D eigenvalue weighted by Gasteiger charge is -2.18. The number of nitrogens with two attached hydrogens (primary N) is 1. The Kier molecular flexibility index (Phi) is 6.58. The molecule has 1 atom stereocenters. The highest BCUT2D eigenvalue weighted by Gasteiger charge is 2.28. The van der Waals surface area contributed by atoms with Gasteiger partial charge in [0.15, 0.2) is 0 Å². The first-order chi connectivity index (χ1) is 14.5. The zero-order valence-corrected chi connectivity index (χ0v) is 17.4. The SMILES string of the molecule is COC(=O)C(Sc1nc(N)c(C#N)c(-c2ccccc2Cl)c1C#N)c1ccccc1. The van der Waals surface area contributed by atoms with Gasteiger partial charge in [-0.15, -0.1) is 0 Å². The molecule has 30 heavy (non-hydrogen) atoms. The monoisotopic (exact) mass is 434 g/mol. The van der Waals surface area contributed by atoms with Gasteiger partial charge in [-0.2, -0.15) is 10.5 Å². The molecule has 0 radical (unpaired) electrons. The van der Waals surface area contributed by atoms with E-state index in [2.05, 4.69) is 11.1 Å². The minimum absolute atomic E-state index is 0.0504. The number of thioether (sulfide) groups is 1. The van der Waals surface area contributed by atoms with Crippen molar-refractivity contribution in [2.45, 2.75) is 10.3 Å². The quantitative estimate of drug-likeness (QED) is 0.456. The summed E-state index contributed by atoms with van der Waals surface area (Å²) in [5.74, 6) is -0.551. The minimum atomic E-state index is -0.776. The number of rotatable bonds is 5. The fourth-order valence-corrected chi connectivity index (χ4v) is 4.27. The molecule has 0 amide bonds. The molecular formula is C22H15ClN4O2S. The van der Waals surface area contributed by atoms with Gasteiger partial charge >= 0.3 is 5.97 Å². The number of benzene rings is 2. The van der Waals surface area contributed by atoms with Gasteiger partial charge in [-0.1, -0.05) is 71.9 Å². The number of pyridine rings is 1. The van der Waals surface area contributed by atoms with E-state index in [1.165, 1.54) is 7.11 Å². The molecular weight excluding hydrogens is 420 g/mol. The first-order valence-corrected chi connectivity index (χ1v) is 9.95. The van der Waals surface area contributed by atoms with E-state index >= 15 is 0 Å². The van der Waals surface area contributed by atoms with Crippen LogP contribution in [0.25, 0.3) is 11.1 Å². The number of aromatic nitrogens is 1. The molecule has 0 aliphatic heterocycles. The number of methoxy groups -OCH3 is 1. The second-order valence-corrected chi connectivity index (χ2v) is 7.56. The summed E-state index contributed by atoms with van der Waals surface area (Å²) in [6.07, 6.45) is 0. The van der Waals surface area contributed by atoms with Crippen molar-refractivity contribution in [3.8, 4) is 23.3 Å². The molecule has 3 rings (SSSR count). The van der Waals surface area contributed by atoms with Crippen LogP contribution in [0.3, 0.4) is 0 Å². The molecule has 1 heterocycles. The predicted molar refractivity (Wildman–Crippen MR) is 116 cm³/mol. The number of nitriles is 2. The average Bonchev–Trinajstić information content (AvgIpc) is 2.77. The fraction of sp³-hybridized carbons (Fsp3) is 0.0909. The predicted octanol–water partition coefficient (Wildman–Crippen LogP) is 4.73. The maximum atomic E-state index is 12.5. The molecule has 3 aromatic rings. The Bertz CT molecular complexity index is 1190. The highest BCUT2D eigenvalue weighted by Crippen LogP contribution is 2.43. The maximum Gasteiger partial charge on any atom is 0.323 e. The van der Waals surface area contributed by atoms with Crippen LogP contribution in [-0.4, -0.2) is 18.1 Å². The van der Waals surface area contributed by atoms with Gasteiger partial charge < -0.3 is 10.5 Å². The van der Waals surface area contributed by atoms with Crippen LogP contribution < -0.4 is 5.73 Å². The molecule has 1 unspecified atom stereocenters. The molecule has 0 saturated carbocycles. The summed E-state index contributed by atoms with van der Waals surface area (Å²) in [5.41, 5.74) is 7.68. The lowest BCUT2D eigenvalue weighted by molar-refractivity contribution is -0.140. The third kappa shape index (κ3) is 4.08. The molecule has 0 spiro atoms. The summed E-state index contributed by atoms with van der Waals surface area (Å²) in [6.45, 7) is 0. The van der Waals surface area contributed by atoms with Crippen molar-refractivity contribution in [3.05, 3.63) is 76.3 Å². The van der Waals surface area contributed by atoms with Crippen molar-refractivity contribution in [1.29, 1.82) is 10.5 Å². The average molecular weight is 435 g/mol. The van der Waals surface area contributed by atoms with Crippen LogP contribution in [0.2, 0.25) is 5.02 Å². The number of anilines is 1. The molecule has 0 fully saturated rings. The lowest BCUT2D eigenvalue weighted by Crippen LogP contribution is -2.12. The van der Waals surface area contributed by atoms with Gasteiger partial charge in [-0.25, -0.2) is 4.98 Å². The second-order valence-electron chi connectivity index (χ2n) is 6.06. The number of esters is 1. The van der Waals surface area contributed by atoms with Crippen LogP contribution in [0.15, 0.2) is 59.6 Å². The topological polar surface area (TPSA) is 113 Å². The normalized spacial score (nSPS) is 11.2. The number of nitrogen functional groups attached to an aromatic ring is 1. The van der Waals surface area contributed by atoms with Crippen LogP contribution in [0, 0.1) is 22.7 Å². The number of hydrogen-bond donors (Lipinski definition) is 1. The Morgan fingerprint density at radius 1 is 1.10 bits per heavy atom. The molecule has 2 N–H and O–H groups in total. The summed E-state index contributed by atoms with van der Waals surface area (Å²) in [6, 6.07) is 19.9. The van der Waals surface area contributed by atoms with E-state index in [9.17, 15) is 15.3 Å². The maximum absolute atomic E-state index is 12.5. The van der Waals surface area contributed by atoms with Gasteiger partial charge in [0, 0.05) is 16.1 Å². The Morgan fingerprint density at radius 2 is 1.73 bits per heavy atom. The number of carbonyl (C=O) groups is 1. The van der Waals surface area contributed by atoms with E-state index in [0.717, 1.165) is 11.8 Å². The Labute approximate surface area is 182 Å². The van der Waals surface area contributed by atoms with Crippen LogP contribution in [-0.2, 0) is 9.53 Å². The molecule has 0 bridgehead atoms. The van der Waals surface area contributed by atoms with Gasteiger partial charge in [-0.05, 0) is 11.6 Å². The number of hydrogen-bond acceptors (Lipinski definition) is 7. The molecule has 8 heteroatoms. The van der Waals surface area contributed by atoms with Gasteiger partial charge in [0.25, 0.3) is 0 Å². The standard InChI is InChI=1S/C22H15ClN4O2S/c1-29-22(28)19(13-7-3-2-4-8-13)30-21-16(12-25)18(15(11-24)20(26)27-21)14-9-5-6-10-17(14)23/h2-10,19H,1H3,(H2,26,27). The van der Waals surface area contributed by atoms with Crippen molar-refractivity contribution in [1.82, 2.24) is 4.98 Å². The third-order valence-electron chi connectivity index (χ3n) is 4.31. The van der Waals surface area contributed by atoms with Crippen molar-refractivity contribution in [3.63, 3.8) is 0 Å². The van der Waals surface area contributed by atoms with Crippen molar-refractivity contribution >= 4 is 35.1 Å². The Balaban J connectivity index is 2.23. The number of ether oxygens (including phenoxy) is 1. The third-order valence-corrected chi connectivity index (χ3v) is 5.85. The fourth-order valence-electron chi connectivity index (χ4n) is 2.92. The zero-order valence-electron chi connectivity index (χ0n) is 15.8. The van der Waals surface area contributed by atoms with Crippen LogP contribution in [0.5, 0.6) is 0 Å². The van der Waals surface area contributed by atoms with Crippen molar-refractivity contribution < 1.29 is 9.53 Å². The van der Waals surface area contributed by atoms with Gasteiger partial charge in [0.05, 0.1) is 12.7 Å². The molecule has 148 valence electrons. The second kappa shape index (κ2) is 9.32. The molecule has 0 aliphatic rings. The molecule has 0 saturated heterocycles. The van der Waals surface area contributed by atoms with Gasteiger partial charge in [0.2, 0.25) is 0 Å². The van der Waals surface area contributed by atoms with Gasteiger partial charge in [-0.3, -0.25) is 4.79 Å². The molecule has 6 nitrogen and oxygen atoms in total. The molecule has 2 aromatic carbocycles. The largest absolute Gasteiger partial charge is 0.468 e. The smallest absolute Gasteiger partial charge is 0.323 e. The zero-order chi connectivity index (χ0) is 21.7. The van der Waals surface area contributed by atoms with E-state index < -0.39 is 11.2 Å². The van der Waals surface area contributed by atoms with E-state index in [-0.39, 0.29) is 27.5 Å². The van der Waals surface area contributed by atoms with Crippen LogP contribution in [0.4, 0.5) is 5.82 Å². The number of carbonyl (C=O) groups excluding carboxylic acids is 1. The van der Waals surface area contributed by atoms with Crippen molar-refractivity contribution in [2.75, 3.05) is 12.8 Å². The minimum Gasteiger partial charge on any atom is -0.468 e. The first kappa shape index (κ1) is 21.2. The van der Waals surface area contributed by atoms with E-state index in [0.29, 0.717) is 16.1 Å². The summed E-state index contributed by atoms with van der Waals surface area (Å²) < 4.78 is 4.95. The van der Waals surface area contributed by atoms with Crippen LogP contribution in [0.1, 0.15) is 21.9 Å². The highest BCUT2D eigenvalue weighted by atomic mass is 35.5. The number of nitrogens with zero attached hydrogens (tertiary/aromatic N) is 3. The summed E-state index contributed by atoms with van der Waals surface area (Å²) in [5, 5.41) is 19.4. The van der Waals surface area contributed by atoms with Crippen LogP contribution >= 0.6 is 23.4 Å². The Morgan fingerprint density at radius 3 is 2.33 bits per heavy atom. The number of halogens is 1. The highest BCUT2D eigenvalue weighted by molar-refractivity contribution is 8.00. The first-order valence-electron chi connectivity index (χ1n) is 8.69. The van der Waals surface area contributed by atoms with E-state index in [4.69, 9.17) is 22.1 Å². The van der Waals surface area contributed by atoms with Gasteiger partial charge in [0.1, 0.15) is 33.8 Å². The van der Waals surface area contributed by atoms with Crippen molar-refractivity contribution in [2.24, 2.45) is 0 Å². The summed E-state index contributed by atoms with van der Waals surface area (Å²) in [7, 11) is 1.29. The lowest BCUT2D eigenvalue weighted by atomic mass is 9.97.